The average Bonchev–Trinajstić information content (AvgIpc) is 2.44. The Labute approximate surface area is 126 Å². The van der Waals surface area contributed by atoms with Gasteiger partial charge in [0, 0.05) is 25.2 Å². The van der Waals surface area contributed by atoms with Crippen LogP contribution in [0.15, 0.2) is 24.3 Å². The number of carbonyl (C=O) groups is 1. The lowest BCUT2D eigenvalue weighted by Crippen LogP contribution is -2.49. The summed E-state index contributed by atoms with van der Waals surface area (Å²) in [6.45, 7) is 6.56. The molecule has 0 saturated carbocycles. The fourth-order valence-electron chi connectivity index (χ4n) is 2.72. The molecule has 0 aliphatic carbocycles. The number of methoxy groups -OCH3 is 1. The first kappa shape index (κ1) is 15.8. The molecule has 1 heterocycles. The molecule has 1 saturated heterocycles. The number of rotatable bonds is 5. The summed E-state index contributed by atoms with van der Waals surface area (Å²) in [6.07, 6.45) is 0.353. The molecule has 0 bridgehead atoms. The summed E-state index contributed by atoms with van der Waals surface area (Å²) < 4.78 is 10.9. The van der Waals surface area contributed by atoms with Crippen LogP contribution in [0, 0.1) is 0 Å². The highest BCUT2D eigenvalue weighted by Gasteiger charge is 2.23. The van der Waals surface area contributed by atoms with E-state index in [1.54, 1.807) is 7.11 Å². The van der Waals surface area contributed by atoms with Crippen LogP contribution in [-0.2, 0) is 16.1 Å². The second-order valence-corrected chi connectivity index (χ2v) is 5.54. The molecule has 21 heavy (non-hydrogen) atoms. The zero-order valence-corrected chi connectivity index (χ0v) is 13.0. The molecule has 1 N–H and O–H groups in total. The molecule has 1 aromatic carbocycles. The summed E-state index contributed by atoms with van der Waals surface area (Å²) in [5.74, 6) is 0.827. The monoisotopic (exact) mass is 292 g/mol. The lowest BCUT2D eigenvalue weighted by Gasteiger charge is -2.34. The minimum Gasteiger partial charge on any atom is -0.496 e. The van der Waals surface area contributed by atoms with Gasteiger partial charge in [0.15, 0.2) is 0 Å². The second kappa shape index (κ2) is 7.43. The van der Waals surface area contributed by atoms with Crippen LogP contribution < -0.4 is 10.1 Å². The number of carbonyl (C=O) groups excluding carboxylic acids is 1. The third-order valence-corrected chi connectivity index (χ3v) is 3.53. The first-order valence-electron chi connectivity index (χ1n) is 7.35. The van der Waals surface area contributed by atoms with Gasteiger partial charge in [-0.15, -0.1) is 0 Å². The Morgan fingerprint density at radius 1 is 1.33 bits per heavy atom. The number of hydrogen-bond donors (Lipinski definition) is 1. The highest BCUT2D eigenvalue weighted by molar-refractivity contribution is 5.78. The molecule has 5 nitrogen and oxygen atoms in total. The quantitative estimate of drug-likeness (QED) is 0.892. The van der Waals surface area contributed by atoms with E-state index in [4.69, 9.17) is 9.47 Å². The summed E-state index contributed by atoms with van der Waals surface area (Å²) in [7, 11) is 1.64. The van der Waals surface area contributed by atoms with Crippen molar-refractivity contribution in [2.75, 3.05) is 26.7 Å². The average molecular weight is 292 g/mol. The van der Waals surface area contributed by atoms with Crippen LogP contribution in [0.25, 0.3) is 0 Å². The number of hydrogen-bond acceptors (Lipinski definition) is 4. The smallest absolute Gasteiger partial charge is 0.234 e. The summed E-state index contributed by atoms with van der Waals surface area (Å²) in [6, 6.07) is 7.71. The normalized spacial score (nSPS) is 22.8. The molecule has 1 amide bonds. The van der Waals surface area contributed by atoms with E-state index in [2.05, 4.69) is 10.2 Å². The van der Waals surface area contributed by atoms with Crippen LogP contribution in [-0.4, -0.2) is 49.8 Å². The van der Waals surface area contributed by atoms with E-state index in [1.165, 1.54) is 0 Å². The van der Waals surface area contributed by atoms with E-state index in [0.717, 1.165) is 24.4 Å². The molecule has 2 rings (SSSR count). The van der Waals surface area contributed by atoms with E-state index in [-0.39, 0.29) is 18.1 Å². The Kier molecular flexibility index (Phi) is 5.59. The molecule has 1 aliphatic rings. The third-order valence-electron chi connectivity index (χ3n) is 3.53. The number of benzene rings is 1. The van der Waals surface area contributed by atoms with E-state index in [9.17, 15) is 4.79 Å². The third kappa shape index (κ3) is 4.72. The van der Waals surface area contributed by atoms with Crippen LogP contribution >= 0.6 is 0 Å². The summed E-state index contributed by atoms with van der Waals surface area (Å²) in [4.78, 5) is 14.2. The molecule has 1 aliphatic heterocycles. The number of amides is 1. The van der Waals surface area contributed by atoms with Crippen molar-refractivity contribution in [2.45, 2.75) is 32.6 Å². The Hall–Kier alpha value is -1.59. The van der Waals surface area contributed by atoms with E-state index < -0.39 is 0 Å². The van der Waals surface area contributed by atoms with Crippen molar-refractivity contribution >= 4 is 5.91 Å². The summed E-state index contributed by atoms with van der Waals surface area (Å²) >= 11 is 0. The second-order valence-electron chi connectivity index (χ2n) is 5.54. The summed E-state index contributed by atoms with van der Waals surface area (Å²) in [5.41, 5.74) is 0.983. The van der Waals surface area contributed by atoms with Gasteiger partial charge in [-0.25, -0.2) is 0 Å². The van der Waals surface area contributed by atoms with Crippen molar-refractivity contribution in [3.8, 4) is 5.75 Å². The van der Waals surface area contributed by atoms with Crippen molar-refractivity contribution in [2.24, 2.45) is 0 Å². The molecule has 0 radical (unpaired) electrons. The van der Waals surface area contributed by atoms with Gasteiger partial charge in [-0.1, -0.05) is 18.2 Å². The number of morpholine rings is 1. The molecular weight excluding hydrogens is 268 g/mol. The molecule has 0 spiro atoms. The van der Waals surface area contributed by atoms with Crippen LogP contribution in [0.3, 0.4) is 0 Å². The largest absolute Gasteiger partial charge is 0.496 e. The van der Waals surface area contributed by atoms with Crippen molar-refractivity contribution in [1.29, 1.82) is 0 Å². The first-order valence-corrected chi connectivity index (χ1v) is 7.35. The molecule has 116 valence electrons. The summed E-state index contributed by atoms with van der Waals surface area (Å²) in [5, 5.41) is 2.95. The Morgan fingerprint density at radius 2 is 2.00 bits per heavy atom. The molecule has 2 atom stereocenters. The molecular formula is C16H24N2O3. The maximum Gasteiger partial charge on any atom is 0.234 e. The van der Waals surface area contributed by atoms with Crippen LogP contribution in [0.4, 0.5) is 0 Å². The maximum absolute atomic E-state index is 12.1. The van der Waals surface area contributed by atoms with Gasteiger partial charge in [0.1, 0.15) is 5.75 Å². The Balaban J connectivity index is 1.82. The van der Waals surface area contributed by atoms with E-state index >= 15 is 0 Å². The lowest BCUT2D eigenvalue weighted by molar-refractivity contribution is -0.126. The minimum atomic E-state index is 0.0298. The van der Waals surface area contributed by atoms with Gasteiger partial charge in [-0.2, -0.15) is 0 Å². The maximum atomic E-state index is 12.1. The first-order chi connectivity index (χ1) is 10.1. The fraction of sp³-hybridized carbons (Fsp3) is 0.562. The van der Waals surface area contributed by atoms with Gasteiger partial charge in [-0.05, 0) is 19.9 Å². The van der Waals surface area contributed by atoms with Gasteiger partial charge in [0.2, 0.25) is 5.91 Å². The number of ether oxygens (including phenoxy) is 2. The van der Waals surface area contributed by atoms with Gasteiger partial charge in [-0.3, -0.25) is 9.69 Å². The molecule has 5 heteroatoms. The minimum absolute atomic E-state index is 0.0298. The van der Waals surface area contributed by atoms with Crippen molar-refractivity contribution in [3.63, 3.8) is 0 Å². The molecule has 0 aromatic heterocycles. The van der Waals surface area contributed by atoms with Crippen LogP contribution in [0.5, 0.6) is 5.75 Å². The molecule has 1 fully saturated rings. The molecule has 0 unspecified atom stereocenters. The van der Waals surface area contributed by atoms with Crippen molar-refractivity contribution in [3.05, 3.63) is 29.8 Å². The van der Waals surface area contributed by atoms with Gasteiger partial charge in [0.05, 0.1) is 25.9 Å². The lowest BCUT2D eigenvalue weighted by atomic mass is 10.2. The number of nitrogens with one attached hydrogen (secondary N) is 1. The van der Waals surface area contributed by atoms with E-state index in [1.807, 2.05) is 38.1 Å². The number of nitrogens with zero attached hydrogens (tertiary/aromatic N) is 1. The topological polar surface area (TPSA) is 50.8 Å². The van der Waals surface area contributed by atoms with Crippen LogP contribution in [0.2, 0.25) is 0 Å². The van der Waals surface area contributed by atoms with Gasteiger partial charge in [0.25, 0.3) is 0 Å². The standard InChI is InChI=1S/C16H24N2O3/c1-12-9-18(10-13(2)21-12)11-16(19)17-8-14-6-4-5-7-15(14)20-3/h4-7,12-13H,8-11H2,1-3H3,(H,17,19)/t12-,13-/m1/s1. The van der Waals surface area contributed by atoms with E-state index in [0.29, 0.717) is 13.1 Å². The van der Waals surface area contributed by atoms with Crippen LogP contribution in [0.1, 0.15) is 19.4 Å². The number of para-hydroxylation sites is 1. The predicted molar refractivity (Wildman–Crippen MR) is 81.3 cm³/mol. The Morgan fingerprint density at radius 3 is 2.67 bits per heavy atom. The fourth-order valence-corrected chi connectivity index (χ4v) is 2.72. The SMILES string of the molecule is COc1ccccc1CNC(=O)CN1C[C@@H](C)O[C@H](C)C1. The predicted octanol–water partition coefficient (Wildman–Crippen LogP) is 1.42. The van der Waals surface area contributed by atoms with Crippen molar-refractivity contribution < 1.29 is 14.3 Å². The zero-order valence-electron chi connectivity index (χ0n) is 13.0. The molecule has 1 aromatic rings. The highest BCUT2D eigenvalue weighted by Crippen LogP contribution is 2.16. The Bertz CT molecular complexity index is 468. The van der Waals surface area contributed by atoms with Crippen molar-refractivity contribution in [1.82, 2.24) is 10.2 Å². The zero-order chi connectivity index (χ0) is 15.2. The highest BCUT2D eigenvalue weighted by atomic mass is 16.5. The van der Waals surface area contributed by atoms with Gasteiger partial charge < -0.3 is 14.8 Å². The van der Waals surface area contributed by atoms with Gasteiger partial charge >= 0.3 is 0 Å².